The Balaban J connectivity index is 2.90. The Bertz CT molecular complexity index is 368. The Morgan fingerprint density at radius 3 is 2.44 bits per heavy atom. The number of benzene rings is 1. The molecule has 0 aromatic heterocycles. The lowest BCUT2D eigenvalue weighted by Gasteiger charge is -2.19. The van der Waals surface area contributed by atoms with Gasteiger partial charge in [0, 0.05) is 10.0 Å². The van der Waals surface area contributed by atoms with Crippen molar-refractivity contribution in [2.45, 2.75) is 18.6 Å². The smallest absolute Gasteiger partial charge is 0.271 e. The summed E-state index contributed by atoms with van der Waals surface area (Å²) < 4.78 is 37.3. The van der Waals surface area contributed by atoms with Crippen LogP contribution in [-0.4, -0.2) is 12.2 Å². The lowest BCUT2D eigenvalue weighted by atomic mass is 10.1. The molecule has 0 aliphatic carbocycles. The monoisotopic (exact) mass is 272 g/mol. The van der Waals surface area contributed by atoms with E-state index in [9.17, 15) is 13.2 Å². The number of halogens is 5. The van der Waals surface area contributed by atoms with Gasteiger partial charge in [0.15, 0.2) is 0 Å². The second-order valence-electron chi connectivity index (χ2n) is 3.20. The van der Waals surface area contributed by atoms with Gasteiger partial charge in [-0.15, -0.1) is 0 Å². The van der Waals surface area contributed by atoms with Crippen LogP contribution in [0.2, 0.25) is 10.0 Å². The Morgan fingerprint density at radius 2 is 1.94 bits per heavy atom. The Kier molecular flexibility index (Phi) is 4.43. The lowest BCUT2D eigenvalue weighted by molar-refractivity contribution is -0.155. The van der Waals surface area contributed by atoms with Gasteiger partial charge in [-0.25, -0.2) is 5.43 Å². The van der Waals surface area contributed by atoms with Crippen LogP contribution >= 0.6 is 23.2 Å². The first-order chi connectivity index (χ1) is 7.34. The molecule has 0 amide bonds. The van der Waals surface area contributed by atoms with Crippen molar-refractivity contribution in [1.29, 1.82) is 0 Å². The van der Waals surface area contributed by atoms with Gasteiger partial charge in [0.1, 0.15) is 6.04 Å². The zero-order valence-corrected chi connectivity index (χ0v) is 9.50. The van der Waals surface area contributed by atoms with E-state index in [4.69, 9.17) is 29.0 Å². The molecule has 1 aromatic carbocycles. The summed E-state index contributed by atoms with van der Waals surface area (Å²) in [6.45, 7) is 0. The van der Waals surface area contributed by atoms with Gasteiger partial charge in [0.2, 0.25) is 0 Å². The maximum Gasteiger partial charge on any atom is 0.405 e. The summed E-state index contributed by atoms with van der Waals surface area (Å²) in [6, 6.07) is 2.50. The molecule has 1 rings (SSSR count). The highest BCUT2D eigenvalue weighted by molar-refractivity contribution is 6.33. The van der Waals surface area contributed by atoms with Crippen LogP contribution in [0.3, 0.4) is 0 Å². The second-order valence-corrected chi connectivity index (χ2v) is 4.04. The molecule has 0 saturated heterocycles. The minimum atomic E-state index is -4.43. The first-order valence-electron chi connectivity index (χ1n) is 4.31. The van der Waals surface area contributed by atoms with Gasteiger partial charge in [0.25, 0.3) is 0 Å². The summed E-state index contributed by atoms with van der Waals surface area (Å²) in [6.07, 6.45) is -4.79. The molecular weight excluding hydrogens is 264 g/mol. The average molecular weight is 273 g/mol. The number of rotatable bonds is 3. The molecular formula is C9H9Cl2F3N2. The van der Waals surface area contributed by atoms with Crippen LogP contribution in [0.15, 0.2) is 18.2 Å². The maximum absolute atomic E-state index is 12.4. The summed E-state index contributed by atoms with van der Waals surface area (Å²) in [5.41, 5.74) is 2.01. The van der Waals surface area contributed by atoms with Gasteiger partial charge in [0.05, 0.1) is 0 Å². The van der Waals surface area contributed by atoms with Gasteiger partial charge < -0.3 is 0 Å². The minimum Gasteiger partial charge on any atom is -0.271 e. The van der Waals surface area contributed by atoms with Crippen LogP contribution in [-0.2, 0) is 6.42 Å². The van der Waals surface area contributed by atoms with Gasteiger partial charge in [-0.1, -0.05) is 23.2 Å². The number of nitrogens with two attached hydrogens (primary N) is 1. The molecule has 0 saturated carbocycles. The third kappa shape index (κ3) is 3.52. The standard InChI is InChI=1S/C9H9Cl2F3N2/c10-6-1-2-7(11)5(3-6)4-8(16-15)9(12,13)14/h1-3,8,16H,4,15H2. The first kappa shape index (κ1) is 13.6. The largest absolute Gasteiger partial charge is 0.405 e. The Morgan fingerprint density at radius 1 is 1.31 bits per heavy atom. The fourth-order valence-corrected chi connectivity index (χ4v) is 1.58. The number of hydrogen-bond donors (Lipinski definition) is 2. The zero-order chi connectivity index (χ0) is 12.3. The molecule has 1 atom stereocenters. The highest BCUT2D eigenvalue weighted by atomic mass is 35.5. The van der Waals surface area contributed by atoms with E-state index >= 15 is 0 Å². The fraction of sp³-hybridized carbons (Fsp3) is 0.333. The summed E-state index contributed by atoms with van der Waals surface area (Å²) in [4.78, 5) is 0. The number of nitrogens with one attached hydrogen (secondary N) is 1. The average Bonchev–Trinajstić information content (AvgIpc) is 2.17. The minimum absolute atomic E-state index is 0.230. The fourth-order valence-electron chi connectivity index (χ4n) is 1.19. The van der Waals surface area contributed by atoms with Crippen LogP contribution < -0.4 is 11.3 Å². The Labute approximate surface area is 100 Å². The van der Waals surface area contributed by atoms with E-state index in [-0.39, 0.29) is 11.4 Å². The molecule has 0 aliphatic heterocycles. The quantitative estimate of drug-likeness (QED) is 0.656. The predicted molar refractivity (Wildman–Crippen MR) is 57.3 cm³/mol. The van der Waals surface area contributed by atoms with Crippen molar-refractivity contribution >= 4 is 23.2 Å². The van der Waals surface area contributed by atoms with Gasteiger partial charge in [-0.3, -0.25) is 5.84 Å². The molecule has 1 aromatic rings. The van der Waals surface area contributed by atoms with Crippen LogP contribution in [0.25, 0.3) is 0 Å². The van der Waals surface area contributed by atoms with Crippen LogP contribution in [0.1, 0.15) is 5.56 Å². The van der Waals surface area contributed by atoms with Crippen molar-refractivity contribution in [1.82, 2.24) is 5.43 Å². The van der Waals surface area contributed by atoms with Crippen LogP contribution in [0.4, 0.5) is 13.2 Å². The van der Waals surface area contributed by atoms with E-state index in [1.54, 1.807) is 5.43 Å². The molecule has 0 fully saturated rings. The number of hydrogen-bond acceptors (Lipinski definition) is 2. The third-order valence-electron chi connectivity index (χ3n) is 2.03. The third-order valence-corrected chi connectivity index (χ3v) is 2.63. The van der Waals surface area contributed by atoms with Crippen molar-refractivity contribution in [3.63, 3.8) is 0 Å². The number of alkyl halides is 3. The van der Waals surface area contributed by atoms with Crippen LogP contribution in [0, 0.1) is 0 Å². The van der Waals surface area contributed by atoms with E-state index in [1.165, 1.54) is 18.2 Å². The van der Waals surface area contributed by atoms with Gasteiger partial charge in [-0.2, -0.15) is 13.2 Å². The molecule has 7 heteroatoms. The summed E-state index contributed by atoms with van der Waals surface area (Å²) >= 11 is 11.4. The van der Waals surface area contributed by atoms with Crippen LogP contribution in [0.5, 0.6) is 0 Å². The molecule has 0 radical (unpaired) electrons. The Hall–Kier alpha value is -0.490. The van der Waals surface area contributed by atoms with Crippen molar-refractivity contribution in [3.8, 4) is 0 Å². The van der Waals surface area contributed by atoms with E-state index in [2.05, 4.69) is 0 Å². The highest BCUT2D eigenvalue weighted by Crippen LogP contribution is 2.27. The van der Waals surface area contributed by atoms with Crippen molar-refractivity contribution < 1.29 is 13.2 Å². The molecule has 0 spiro atoms. The maximum atomic E-state index is 12.4. The lowest BCUT2D eigenvalue weighted by Crippen LogP contribution is -2.47. The predicted octanol–water partition coefficient (Wildman–Crippen LogP) is 2.93. The molecule has 0 aliphatic rings. The normalized spacial score (nSPS) is 13.9. The SMILES string of the molecule is NNC(Cc1cc(Cl)ccc1Cl)C(F)(F)F. The van der Waals surface area contributed by atoms with E-state index in [0.29, 0.717) is 10.6 Å². The van der Waals surface area contributed by atoms with Crippen molar-refractivity contribution in [2.75, 3.05) is 0 Å². The molecule has 90 valence electrons. The summed E-state index contributed by atoms with van der Waals surface area (Å²) in [5, 5.41) is 0.561. The molecule has 1 unspecified atom stereocenters. The molecule has 0 heterocycles. The number of hydrazine groups is 1. The topological polar surface area (TPSA) is 38.0 Å². The van der Waals surface area contributed by atoms with Crippen molar-refractivity contribution in [2.24, 2.45) is 5.84 Å². The van der Waals surface area contributed by atoms with Gasteiger partial charge in [-0.05, 0) is 30.2 Å². The molecule has 2 nitrogen and oxygen atoms in total. The first-order valence-corrected chi connectivity index (χ1v) is 5.07. The van der Waals surface area contributed by atoms with E-state index < -0.39 is 12.2 Å². The molecule has 3 N–H and O–H groups in total. The summed E-state index contributed by atoms with van der Waals surface area (Å²) in [7, 11) is 0. The van der Waals surface area contributed by atoms with Crippen molar-refractivity contribution in [3.05, 3.63) is 33.8 Å². The molecule has 0 bridgehead atoms. The molecule has 16 heavy (non-hydrogen) atoms. The van der Waals surface area contributed by atoms with Gasteiger partial charge >= 0.3 is 6.18 Å². The second kappa shape index (κ2) is 5.23. The van der Waals surface area contributed by atoms with E-state index in [0.717, 1.165) is 0 Å². The highest BCUT2D eigenvalue weighted by Gasteiger charge is 2.39. The zero-order valence-electron chi connectivity index (χ0n) is 7.98. The van der Waals surface area contributed by atoms with E-state index in [1.807, 2.05) is 0 Å². The summed E-state index contributed by atoms with van der Waals surface area (Å²) in [5.74, 6) is 4.85.